The Kier molecular flexibility index (Phi) is 3.96. The highest BCUT2D eigenvalue weighted by molar-refractivity contribution is 9.10. The van der Waals surface area contributed by atoms with Gasteiger partial charge in [-0.1, -0.05) is 15.9 Å². The van der Waals surface area contributed by atoms with Gasteiger partial charge in [-0.05, 0) is 31.0 Å². The molecular formula is C11H15BrN2O3S. The summed E-state index contributed by atoms with van der Waals surface area (Å²) in [5.74, 6) is 0. The third-order valence-electron chi connectivity index (χ3n) is 2.95. The number of β-amino-alcohol motifs (C(OH)–C–C–N with tert-alkyl or cyclic N) is 1. The molecule has 0 aliphatic carbocycles. The lowest BCUT2D eigenvalue weighted by Gasteiger charge is -2.29. The molecule has 1 aliphatic rings. The number of halogens is 1. The highest BCUT2D eigenvalue weighted by atomic mass is 79.9. The van der Waals surface area contributed by atoms with Gasteiger partial charge in [0.2, 0.25) is 10.0 Å². The summed E-state index contributed by atoms with van der Waals surface area (Å²) in [6.07, 6.45) is 0.712. The van der Waals surface area contributed by atoms with Crippen molar-refractivity contribution < 1.29 is 13.5 Å². The molecule has 1 aliphatic heterocycles. The first-order valence-electron chi connectivity index (χ1n) is 5.64. The van der Waals surface area contributed by atoms with E-state index >= 15 is 0 Å². The van der Waals surface area contributed by atoms with Crippen LogP contribution in [0.15, 0.2) is 27.6 Å². The quantitative estimate of drug-likeness (QED) is 0.795. The number of rotatable bonds is 2. The fraction of sp³-hybridized carbons (Fsp3) is 0.455. The molecule has 0 bridgehead atoms. The van der Waals surface area contributed by atoms with E-state index in [9.17, 15) is 13.5 Å². The molecule has 7 heteroatoms. The smallest absolute Gasteiger partial charge is 0.245 e. The second-order valence-corrected chi connectivity index (χ2v) is 7.16. The summed E-state index contributed by atoms with van der Waals surface area (Å²) < 4.78 is 26.8. The number of hydrogen-bond donors (Lipinski definition) is 2. The summed E-state index contributed by atoms with van der Waals surface area (Å²) in [5, 5.41) is 9.56. The molecule has 1 aromatic rings. The van der Waals surface area contributed by atoms with E-state index in [4.69, 9.17) is 5.73 Å². The van der Waals surface area contributed by atoms with Gasteiger partial charge >= 0.3 is 0 Å². The number of nitrogens with zero attached hydrogens (tertiary/aromatic N) is 1. The highest BCUT2D eigenvalue weighted by Crippen LogP contribution is 2.27. The minimum absolute atomic E-state index is 0.0970. The van der Waals surface area contributed by atoms with Gasteiger partial charge in [0.1, 0.15) is 4.90 Å². The largest absolute Gasteiger partial charge is 0.398 e. The Balaban J connectivity index is 2.35. The standard InChI is InChI=1S/C11H15BrN2O3S/c12-8-3-4-11(10(13)6-8)18(16,17)14-5-1-2-9(15)7-14/h3-4,6,9,15H,1-2,5,7,13H2/t9-/m0/s1. The van der Waals surface area contributed by atoms with Crippen LogP contribution < -0.4 is 5.73 Å². The molecule has 3 N–H and O–H groups in total. The van der Waals surface area contributed by atoms with Crippen LogP contribution in [0.4, 0.5) is 5.69 Å². The van der Waals surface area contributed by atoms with Crippen molar-refractivity contribution in [2.24, 2.45) is 0 Å². The molecule has 1 fully saturated rings. The molecule has 100 valence electrons. The van der Waals surface area contributed by atoms with Crippen molar-refractivity contribution in [3.63, 3.8) is 0 Å². The van der Waals surface area contributed by atoms with Crippen LogP contribution in [-0.2, 0) is 10.0 Å². The average molecular weight is 335 g/mol. The average Bonchev–Trinajstić information content (AvgIpc) is 2.28. The predicted molar refractivity (Wildman–Crippen MR) is 72.6 cm³/mol. The summed E-state index contributed by atoms with van der Waals surface area (Å²) >= 11 is 3.24. The molecule has 0 unspecified atom stereocenters. The molecular weight excluding hydrogens is 320 g/mol. The van der Waals surface area contributed by atoms with Crippen molar-refractivity contribution in [1.82, 2.24) is 4.31 Å². The minimum Gasteiger partial charge on any atom is -0.398 e. The van der Waals surface area contributed by atoms with Gasteiger partial charge in [0.05, 0.1) is 11.8 Å². The van der Waals surface area contributed by atoms with Gasteiger partial charge < -0.3 is 10.8 Å². The van der Waals surface area contributed by atoms with E-state index in [1.807, 2.05) is 0 Å². The van der Waals surface area contributed by atoms with Crippen molar-refractivity contribution in [3.8, 4) is 0 Å². The maximum atomic E-state index is 12.4. The fourth-order valence-electron chi connectivity index (χ4n) is 2.03. The zero-order chi connectivity index (χ0) is 13.3. The van der Waals surface area contributed by atoms with Crippen LogP contribution in [0.5, 0.6) is 0 Å². The lowest BCUT2D eigenvalue weighted by atomic mass is 10.1. The van der Waals surface area contributed by atoms with Crippen LogP contribution in [0.3, 0.4) is 0 Å². The van der Waals surface area contributed by atoms with E-state index in [-0.39, 0.29) is 17.1 Å². The third-order valence-corrected chi connectivity index (χ3v) is 5.38. The van der Waals surface area contributed by atoms with E-state index in [0.717, 1.165) is 4.47 Å². The molecule has 1 saturated heterocycles. The van der Waals surface area contributed by atoms with E-state index in [0.29, 0.717) is 19.4 Å². The first kappa shape index (κ1) is 13.8. The van der Waals surface area contributed by atoms with Crippen LogP contribution in [0.25, 0.3) is 0 Å². The molecule has 1 heterocycles. The Hall–Kier alpha value is -0.630. The van der Waals surface area contributed by atoms with Crippen LogP contribution in [0.1, 0.15) is 12.8 Å². The molecule has 0 saturated carbocycles. The zero-order valence-corrected chi connectivity index (χ0v) is 12.1. The highest BCUT2D eigenvalue weighted by Gasteiger charge is 2.30. The van der Waals surface area contributed by atoms with Gasteiger partial charge in [-0.2, -0.15) is 4.31 Å². The Labute approximate surface area is 115 Å². The second-order valence-electron chi connectivity index (χ2n) is 4.34. The van der Waals surface area contributed by atoms with E-state index < -0.39 is 16.1 Å². The number of sulfonamides is 1. The van der Waals surface area contributed by atoms with Crippen molar-refractivity contribution in [2.45, 2.75) is 23.8 Å². The SMILES string of the molecule is Nc1cc(Br)ccc1S(=O)(=O)N1CCC[C@H](O)C1. The van der Waals surface area contributed by atoms with Crippen LogP contribution in [0, 0.1) is 0 Å². The first-order chi connectivity index (χ1) is 8.41. The lowest BCUT2D eigenvalue weighted by Crippen LogP contribution is -2.42. The minimum atomic E-state index is -3.61. The number of aliphatic hydroxyl groups excluding tert-OH is 1. The first-order valence-corrected chi connectivity index (χ1v) is 7.88. The van der Waals surface area contributed by atoms with E-state index in [2.05, 4.69) is 15.9 Å². The molecule has 1 atom stereocenters. The second kappa shape index (κ2) is 5.16. The van der Waals surface area contributed by atoms with Crippen LogP contribution >= 0.6 is 15.9 Å². The van der Waals surface area contributed by atoms with Crippen LogP contribution in [0.2, 0.25) is 0 Å². The van der Waals surface area contributed by atoms with E-state index in [1.165, 1.54) is 10.4 Å². The summed E-state index contributed by atoms with van der Waals surface area (Å²) in [5.41, 5.74) is 5.96. The molecule has 5 nitrogen and oxygen atoms in total. The summed E-state index contributed by atoms with van der Waals surface area (Å²) in [6.45, 7) is 0.562. The number of aliphatic hydroxyl groups is 1. The summed E-state index contributed by atoms with van der Waals surface area (Å²) in [6, 6.07) is 4.69. The van der Waals surface area contributed by atoms with Crippen molar-refractivity contribution in [2.75, 3.05) is 18.8 Å². The van der Waals surface area contributed by atoms with Gasteiger partial charge in [-0.25, -0.2) is 8.42 Å². The monoisotopic (exact) mass is 334 g/mol. The van der Waals surface area contributed by atoms with Gasteiger partial charge in [0.25, 0.3) is 0 Å². The van der Waals surface area contributed by atoms with Gasteiger partial charge in [-0.15, -0.1) is 0 Å². The number of hydrogen-bond acceptors (Lipinski definition) is 4. The molecule has 18 heavy (non-hydrogen) atoms. The fourth-order valence-corrected chi connectivity index (χ4v) is 4.02. The zero-order valence-electron chi connectivity index (χ0n) is 9.71. The van der Waals surface area contributed by atoms with Gasteiger partial charge in [0.15, 0.2) is 0 Å². The molecule has 0 amide bonds. The summed E-state index contributed by atoms with van der Waals surface area (Å²) in [7, 11) is -3.61. The third kappa shape index (κ3) is 2.69. The molecule has 1 aromatic carbocycles. The normalized spacial score (nSPS) is 22.0. The van der Waals surface area contributed by atoms with Crippen molar-refractivity contribution in [3.05, 3.63) is 22.7 Å². The Morgan fingerprint density at radius 1 is 1.44 bits per heavy atom. The van der Waals surface area contributed by atoms with Gasteiger partial charge in [-0.3, -0.25) is 0 Å². The number of benzene rings is 1. The number of anilines is 1. The number of nitrogen functional groups attached to an aromatic ring is 1. The Bertz CT molecular complexity index is 547. The molecule has 2 rings (SSSR count). The topological polar surface area (TPSA) is 83.6 Å². The van der Waals surface area contributed by atoms with Gasteiger partial charge in [0, 0.05) is 17.6 Å². The Morgan fingerprint density at radius 2 is 2.17 bits per heavy atom. The summed E-state index contributed by atoms with van der Waals surface area (Å²) in [4.78, 5) is 0.0970. The van der Waals surface area contributed by atoms with Crippen LogP contribution in [-0.4, -0.2) is 37.0 Å². The number of piperidine rings is 1. The lowest BCUT2D eigenvalue weighted by molar-refractivity contribution is 0.108. The molecule has 0 aromatic heterocycles. The van der Waals surface area contributed by atoms with E-state index in [1.54, 1.807) is 12.1 Å². The molecule has 0 radical (unpaired) electrons. The molecule has 0 spiro atoms. The van der Waals surface area contributed by atoms with Crippen molar-refractivity contribution >= 4 is 31.6 Å². The predicted octanol–water partition coefficient (Wildman–Crippen LogP) is 1.18. The van der Waals surface area contributed by atoms with Crippen molar-refractivity contribution in [1.29, 1.82) is 0 Å². The maximum absolute atomic E-state index is 12.4. The number of nitrogens with two attached hydrogens (primary N) is 1. The maximum Gasteiger partial charge on any atom is 0.245 e. The Morgan fingerprint density at radius 3 is 2.78 bits per heavy atom.